The summed E-state index contributed by atoms with van der Waals surface area (Å²) in [6, 6.07) is 6.21. The number of rotatable bonds is 5. The molecule has 0 saturated heterocycles. The third-order valence-electron chi connectivity index (χ3n) is 3.40. The highest BCUT2D eigenvalue weighted by molar-refractivity contribution is 5.88. The Hall–Kier alpha value is -2.21. The van der Waals surface area contributed by atoms with Crippen molar-refractivity contribution in [3.8, 4) is 0 Å². The summed E-state index contributed by atoms with van der Waals surface area (Å²) < 4.78 is 11.5. The van der Waals surface area contributed by atoms with Crippen LogP contribution in [0.5, 0.6) is 0 Å². The van der Waals surface area contributed by atoms with Crippen LogP contribution in [-0.2, 0) is 22.6 Å². The number of ether oxygens (including phenoxy) is 2. The first-order valence-electron chi connectivity index (χ1n) is 6.62. The van der Waals surface area contributed by atoms with Crippen LogP contribution in [0, 0.1) is 13.8 Å². The molecule has 1 heterocycles. The first kappa shape index (κ1) is 15.2. The minimum absolute atomic E-state index is 0.197. The average Bonchev–Trinajstić information content (AvgIpc) is 2.85. The first-order valence-corrected chi connectivity index (χ1v) is 6.62. The number of aromatic nitrogens is 3. The number of methoxy groups -OCH3 is 2. The molecule has 0 aliphatic carbocycles. The van der Waals surface area contributed by atoms with Gasteiger partial charge in [-0.1, -0.05) is 23.4 Å². The van der Waals surface area contributed by atoms with Crippen LogP contribution in [0.25, 0.3) is 0 Å². The molecule has 2 aromatic rings. The number of benzene rings is 1. The van der Waals surface area contributed by atoms with E-state index in [9.17, 15) is 4.79 Å². The Morgan fingerprint density at radius 2 is 2.00 bits per heavy atom. The first-order chi connectivity index (χ1) is 10.1. The van der Waals surface area contributed by atoms with Gasteiger partial charge >= 0.3 is 5.97 Å². The zero-order valence-electron chi connectivity index (χ0n) is 12.7. The molecule has 21 heavy (non-hydrogen) atoms. The van der Waals surface area contributed by atoms with Gasteiger partial charge in [-0.05, 0) is 30.5 Å². The van der Waals surface area contributed by atoms with Gasteiger partial charge < -0.3 is 9.47 Å². The largest absolute Gasteiger partial charge is 0.464 e. The molecule has 0 aliphatic rings. The van der Waals surface area contributed by atoms with Crippen LogP contribution in [-0.4, -0.2) is 35.2 Å². The van der Waals surface area contributed by atoms with E-state index in [4.69, 9.17) is 9.47 Å². The highest BCUT2D eigenvalue weighted by Crippen LogP contribution is 2.14. The van der Waals surface area contributed by atoms with Crippen LogP contribution >= 0.6 is 0 Å². The molecule has 1 aromatic carbocycles. The second-order valence-corrected chi connectivity index (χ2v) is 4.89. The SMILES string of the molecule is COCc1c(C(=O)OC)nnn1Cc1ccc(C)c(C)c1. The van der Waals surface area contributed by atoms with Crippen LogP contribution in [0.4, 0.5) is 0 Å². The third-order valence-corrected chi connectivity index (χ3v) is 3.40. The van der Waals surface area contributed by atoms with Gasteiger partial charge in [0.2, 0.25) is 0 Å². The number of carbonyl (C=O) groups excluding carboxylic acids is 1. The monoisotopic (exact) mass is 289 g/mol. The minimum Gasteiger partial charge on any atom is -0.464 e. The molecule has 0 unspecified atom stereocenters. The molecule has 0 aliphatic heterocycles. The van der Waals surface area contributed by atoms with Crippen molar-refractivity contribution in [3.63, 3.8) is 0 Å². The van der Waals surface area contributed by atoms with Gasteiger partial charge in [0, 0.05) is 7.11 Å². The maximum Gasteiger partial charge on any atom is 0.360 e. The highest BCUT2D eigenvalue weighted by atomic mass is 16.5. The van der Waals surface area contributed by atoms with Gasteiger partial charge in [-0.25, -0.2) is 9.48 Å². The van der Waals surface area contributed by atoms with E-state index in [0.29, 0.717) is 12.2 Å². The normalized spacial score (nSPS) is 10.7. The fourth-order valence-corrected chi connectivity index (χ4v) is 2.07. The van der Waals surface area contributed by atoms with Crippen LogP contribution in [0.15, 0.2) is 18.2 Å². The summed E-state index contributed by atoms with van der Waals surface area (Å²) in [5.74, 6) is -0.506. The quantitative estimate of drug-likeness (QED) is 0.786. The van der Waals surface area contributed by atoms with Crippen molar-refractivity contribution in [1.82, 2.24) is 15.0 Å². The lowest BCUT2D eigenvalue weighted by Gasteiger charge is -2.08. The van der Waals surface area contributed by atoms with E-state index in [-0.39, 0.29) is 12.3 Å². The predicted molar refractivity (Wildman–Crippen MR) is 77.1 cm³/mol. The number of hydrogen-bond acceptors (Lipinski definition) is 5. The van der Waals surface area contributed by atoms with Crippen molar-refractivity contribution in [1.29, 1.82) is 0 Å². The zero-order valence-corrected chi connectivity index (χ0v) is 12.7. The van der Waals surface area contributed by atoms with Crippen LogP contribution in [0.1, 0.15) is 32.9 Å². The molecule has 0 atom stereocenters. The van der Waals surface area contributed by atoms with Crippen LogP contribution in [0.3, 0.4) is 0 Å². The lowest BCUT2D eigenvalue weighted by Crippen LogP contribution is -2.11. The van der Waals surface area contributed by atoms with Crippen molar-refractivity contribution in [2.75, 3.05) is 14.2 Å². The van der Waals surface area contributed by atoms with Gasteiger partial charge in [-0.3, -0.25) is 0 Å². The number of esters is 1. The molecule has 2 rings (SSSR count). The molecule has 1 aromatic heterocycles. The Labute approximate surface area is 123 Å². The summed E-state index contributed by atoms with van der Waals surface area (Å²) in [5.41, 5.74) is 4.36. The van der Waals surface area contributed by atoms with E-state index in [0.717, 1.165) is 5.56 Å². The Kier molecular flexibility index (Phi) is 4.70. The molecule has 0 fully saturated rings. The van der Waals surface area contributed by atoms with E-state index in [1.807, 2.05) is 6.07 Å². The summed E-state index contributed by atoms with van der Waals surface area (Å²) >= 11 is 0. The Balaban J connectivity index is 2.32. The van der Waals surface area contributed by atoms with Crippen molar-refractivity contribution in [2.45, 2.75) is 27.0 Å². The van der Waals surface area contributed by atoms with Crippen molar-refractivity contribution >= 4 is 5.97 Å². The van der Waals surface area contributed by atoms with Gasteiger partial charge in [-0.15, -0.1) is 5.10 Å². The van der Waals surface area contributed by atoms with E-state index in [1.54, 1.807) is 11.8 Å². The highest BCUT2D eigenvalue weighted by Gasteiger charge is 2.20. The standard InChI is InChI=1S/C15H19N3O3/c1-10-5-6-12(7-11(10)2)8-18-13(9-20-3)14(16-17-18)15(19)21-4/h5-7H,8-9H2,1-4H3. The zero-order chi connectivity index (χ0) is 15.4. The van der Waals surface area contributed by atoms with E-state index >= 15 is 0 Å². The topological polar surface area (TPSA) is 66.2 Å². The summed E-state index contributed by atoms with van der Waals surface area (Å²) in [5, 5.41) is 7.94. The second-order valence-electron chi connectivity index (χ2n) is 4.89. The van der Waals surface area contributed by atoms with Crippen molar-refractivity contribution in [3.05, 3.63) is 46.3 Å². The van der Waals surface area contributed by atoms with Crippen LogP contribution < -0.4 is 0 Å². The number of hydrogen-bond donors (Lipinski definition) is 0. The number of nitrogens with zero attached hydrogens (tertiary/aromatic N) is 3. The van der Waals surface area contributed by atoms with Crippen LogP contribution in [0.2, 0.25) is 0 Å². The molecular formula is C15H19N3O3. The summed E-state index contributed by atoms with van der Waals surface area (Å²) in [4.78, 5) is 11.7. The van der Waals surface area contributed by atoms with Gasteiger partial charge in [0.25, 0.3) is 0 Å². The Morgan fingerprint density at radius 3 is 2.62 bits per heavy atom. The van der Waals surface area contributed by atoms with E-state index in [1.165, 1.54) is 18.2 Å². The van der Waals surface area contributed by atoms with E-state index < -0.39 is 5.97 Å². The van der Waals surface area contributed by atoms with Gasteiger partial charge in [0.05, 0.1) is 26.0 Å². The molecule has 0 radical (unpaired) electrons. The summed E-state index contributed by atoms with van der Waals surface area (Å²) in [6.07, 6.45) is 0. The minimum atomic E-state index is -0.506. The number of carbonyl (C=O) groups is 1. The van der Waals surface area contributed by atoms with E-state index in [2.05, 4.69) is 36.3 Å². The maximum atomic E-state index is 11.7. The fraction of sp³-hybridized carbons (Fsp3) is 0.400. The molecule has 0 amide bonds. The molecule has 0 saturated carbocycles. The summed E-state index contributed by atoms with van der Waals surface area (Å²) in [7, 11) is 2.88. The van der Waals surface area contributed by atoms with Crippen molar-refractivity contribution in [2.24, 2.45) is 0 Å². The predicted octanol–water partition coefficient (Wildman–Crippen LogP) is 1.88. The molecule has 6 nitrogen and oxygen atoms in total. The third kappa shape index (κ3) is 3.28. The fourth-order valence-electron chi connectivity index (χ4n) is 2.07. The average molecular weight is 289 g/mol. The molecule has 0 N–H and O–H groups in total. The molecule has 0 spiro atoms. The maximum absolute atomic E-state index is 11.7. The molecule has 112 valence electrons. The molecular weight excluding hydrogens is 270 g/mol. The Morgan fingerprint density at radius 1 is 1.24 bits per heavy atom. The molecule has 0 bridgehead atoms. The lowest BCUT2D eigenvalue weighted by molar-refractivity contribution is 0.0588. The molecule has 6 heteroatoms. The van der Waals surface area contributed by atoms with Gasteiger partial charge in [0.1, 0.15) is 0 Å². The lowest BCUT2D eigenvalue weighted by atomic mass is 10.1. The Bertz CT molecular complexity index is 650. The van der Waals surface area contributed by atoms with Gasteiger partial charge in [-0.2, -0.15) is 0 Å². The second kappa shape index (κ2) is 6.49. The summed E-state index contributed by atoms with van der Waals surface area (Å²) in [6.45, 7) is 4.92. The smallest absolute Gasteiger partial charge is 0.360 e. The van der Waals surface area contributed by atoms with Crippen molar-refractivity contribution < 1.29 is 14.3 Å². The number of aryl methyl sites for hydroxylation is 2. The van der Waals surface area contributed by atoms with Gasteiger partial charge in [0.15, 0.2) is 5.69 Å².